The van der Waals surface area contributed by atoms with Gasteiger partial charge in [-0.3, -0.25) is 4.98 Å². The van der Waals surface area contributed by atoms with Gasteiger partial charge in [0.2, 0.25) is 0 Å². The Morgan fingerprint density at radius 3 is 2.59 bits per heavy atom. The molecule has 0 radical (unpaired) electrons. The van der Waals surface area contributed by atoms with E-state index in [2.05, 4.69) is 77.0 Å². The van der Waals surface area contributed by atoms with Crippen LogP contribution < -0.4 is 0 Å². The van der Waals surface area contributed by atoms with Crippen molar-refractivity contribution in [2.75, 3.05) is 14.1 Å². The van der Waals surface area contributed by atoms with Gasteiger partial charge >= 0.3 is 0 Å². The molecule has 3 nitrogen and oxygen atoms in total. The van der Waals surface area contributed by atoms with Crippen molar-refractivity contribution in [3.8, 4) is 0 Å². The van der Waals surface area contributed by atoms with Crippen LogP contribution >= 0.6 is 0 Å². The molecule has 3 rings (SSSR count). The molecule has 0 aliphatic heterocycles. The van der Waals surface area contributed by atoms with E-state index in [0.717, 1.165) is 25.8 Å². The number of benzene rings is 1. The molecule has 114 valence electrons. The molecule has 3 heteroatoms. The highest BCUT2D eigenvalue weighted by Gasteiger charge is 2.07. The van der Waals surface area contributed by atoms with Crippen molar-refractivity contribution in [3.63, 3.8) is 0 Å². The number of hydrogen-bond acceptors (Lipinski definition) is 2. The molecule has 22 heavy (non-hydrogen) atoms. The highest BCUT2D eigenvalue weighted by Crippen LogP contribution is 2.16. The van der Waals surface area contributed by atoms with Crippen LogP contribution in [0.4, 0.5) is 0 Å². The maximum absolute atomic E-state index is 4.60. The van der Waals surface area contributed by atoms with Gasteiger partial charge in [0, 0.05) is 24.6 Å². The predicted molar refractivity (Wildman–Crippen MR) is 91.1 cm³/mol. The standard InChI is InChI=1S/C19H23N3/c1-21(2)15-17-11-12-19-18(20-13-14-22(17)19)10-6-9-16-7-4-3-5-8-16/h3-5,7-8,11-14H,6,9-10,15H2,1-2H3. The molecule has 0 saturated carbocycles. The lowest BCUT2D eigenvalue weighted by molar-refractivity contribution is 0.395. The third-order valence-electron chi connectivity index (χ3n) is 3.94. The molecule has 0 aliphatic carbocycles. The summed E-state index contributed by atoms with van der Waals surface area (Å²) in [6.45, 7) is 0.946. The summed E-state index contributed by atoms with van der Waals surface area (Å²) in [4.78, 5) is 6.79. The summed E-state index contributed by atoms with van der Waals surface area (Å²) in [7, 11) is 4.20. The average Bonchev–Trinajstić information content (AvgIpc) is 2.92. The van der Waals surface area contributed by atoms with E-state index in [1.807, 2.05) is 6.20 Å². The van der Waals surface area contributed by atoms with Crippen molar-refractivity contribution in [1.29, 1.82) is 0 Å². The molecule has 0 bridgehead atoms. The lowest BCUT2D eigenvalue weighted by atomic mass is 10.1. The SMILES string of the molecule is CN(C)Cc1ccc2c(CCCc3ccccc3)nccn12. The Labute approximate surface area is 132 Å². The van der Waals surface area contributed by atoms with E-state index in [9.17, 15) is 0 Å². The van der Waals surface area contributed by atoms with E-state index in [1.54, 1.807) is 0 Å². The van der Waals surface area contributed by atoms with Gasteiger partial charge in [0.25, 0.3) is 0 Å². The van der Waals surface area contributed by atoms with Crippen molar-refractivity contribution in [2.24, 2.45) is 0 Å². The molecule has 0 aliphatic rings. The molecule has 2 heterocycles. The Morgan fingerprint density at radius 1 is 1.00 bits per heavy atom. The molecule has 2 aromatic heterocycles. The van der Waals surface area contributed by atoms with Crippen molar-refractivity contribution in [1.82, 2.24) is 14.3 Å². The van der Waals surface area contributed by atoms with Crippen molar-refractivity contribution >= 4 is 5.52 Å². The van der Waals surface area contributed by atoms with Gasteiger partial charge in [-0.05, 0) is 51.1 Å². The molecule has 0 saturated heterocycles. The number of nitrogens with zero attached hydrogens (tertiary/aromatic N) is 3. The molecule has 1 aromatic carbocycles. The molecule has 0 unspecified atom stereocenters. The normalized spacial score (nSPS) is 11.4. The van der Waals surface area contributed by atoms with Crippen molar-refractivity contribution < 1.29 is 0 Å². The van der Waals surface area contributed by atoms with Gasteiger partial charge in [-0.25, -0.2) is 0 Å². The summed E-state index contributed by atoms with van der Waals surface area (Å²) in [5, 5.41) is 0. The minimum Gasteiger partial charge on any atom is -0.316 e. The zero-order valence-corrected chi connectivity index (χ0v) is 13.4. The fraction of sp³-hybridized carbons (Fsp3) is 0.316. The molecular weight excluding hydrogens is 270 g/mol. The van der Waals surface area contributed by atoms with Crippen LogP contribution in [0.15, 0.2) is 54.9 Å². The molecule has 0 N–H and O–H groups in total. The van der Waals surface area contributed by atoms with Gasteiger partial charge in [-0.15, -0.1) is 0 Å². The van der Waals surface area contributed by atoms with Crippen molar-refractivity contribution in [3.05, 3.63) is 71.8 Å². The van der Waals surface area contributed by atoms with E-state index >= 15 is 0 Å². The second-order valence-corrected chi connectivity index (χ2v) is 6.03. The van der Waals surface area contributed by atoms with E-state index in [1.165, 1.54) is 22.5 Å². The Balaban J connectivity index is 1.72. The fourth-order valence-corrected chi connectivity index (χ4v) is 2.91. The van der Waals surface area contributed by atoms with E-state index < -0.39 is 0 Å². The summed E-state index contributed by atoms with van der Waals surface area (Å²) in [6, 6.07) is 15.1. The first-order valence-electron chi connectivity index (χ1n) is 7.86. The third kappa shape index (κ3) is 3.37. The predicted octanol–water partition coefficient (Wildman–Crippen LogP) is 3.57. The molecular formula is C19H23N3. The first kappa shape index (κ1) is 14.8. The van der Waals surface area contributed by atoms with Gasteiger partial charge in [-0.2, -0.15) is 0 Å². The van der Waals surface area contributed by atoms with Crippen LogP contribution in [0.3, 0.4) is 0 Å². The summed E-state index contributed by atoms with van der Waals surface area (Å²) in [6.07, 6.45) is 7.24. The second-order valence-electron chi connectivity index (χ2n) is 6.03. The Hall–Kier alpha value is -2.13. The van der Waals surface area contributed by atoms with Crippen molar-refractivity contribution in [2.45, 2.75) is 25.8 Å². The Morgan fingerprint density at radius 2 is 1.82 bits per heavy atom. The minimum absolute atomic E-state index is 0.946. The Kier molecular flexibility index (Phi) is 4.54. The summed E-state index contributed by atoms with van der Waals surface area (Å²) in [5.41, 5.74) is 5.15. The first-order chi connectivity index (χ1) is 10.7. The van der Waals surface area contributed by atoms with Crippen LogP contribution in [0, 0.1) is 0 Å². The maximum atomic E-state index is 4.60. The number of aryl methyl sites for hydroxylation is 2. The average molecular weight is 293 g/mol. The van der Waals surface area contributed by atoms with Gasteiger partial charge in [-0.1, -0.05) is 30.3 Å². The Bertz CT molecular complexity index is 729. The smallest absolute Gasteiger partial charge is 0.0669 e. The molecule has 0 atom stereocenters. The lowest BCUT2D eigenvalue weighted by Gasteiger charge is -2.10. The molecule has 0 amide bonds. The fourth-order valence-electron chi connectivity index (χ4n) is 2.91. The van der Waals surface area contributed by atoms with Gasteiger partial charge in [0.1, 0.15) is 0 Å². The number of hydrogen-bond donors (Lipinski definition) is 0. The van der Waals surface area contributed by atoms with Gasteiger partial charge < -0.3 is 9.30 Å². The zero-order valence-electron chi connectivity index (χ0n) is 13.4. The van der Waals surface area contributed by atoms with Crippen LogP contribution in [0.2, 0.25) is 0 Å². The first-order valence-corrected chi connectivity index (χ1v) is 7.86. The van der Waals surface area contributed by atoms with Crippen LogP contribution in [0.5, 0.6) is 0 Å². The maximum Gasteiger partial charge on any atom is 0.0669 e. The van der Waals surface area contributed by atoms with E-state index in [0.29, 0.717) is 0 Å². The number of aromatic nitrogens is 2. The van der Waals surface area contributed by atoms with E-state index in [-0.39, 0.29) is 0 Å². The summed E-state index contributed by atoms with van der Waals surface area (Å²) in [5.74, 6) is 0. The largest absolute Gasteiger partial charge is 0.316 e. The topological polar surface area (TPSA) is 20.5 Å². The summed E-state index contributed by atoms with van der Waals surface area (Å²) < 4.78 is 2.27. The molecule has 0 spiro atoms. The van der Waals surface area contributed by atoms with Gasteiger partial charge in [0.15, 0.2) is 0 Å². The zero-order chi connectivity index (χ0) is 15.4. The second kappa shape index (κ2) is 6.75. The highest BCUT2D eigenvalue weighted by molar-refractivity contribution is 5.54. The minimum atomic E-state index is 0.946. The van der Waals surface area contributed by atoms with Crippen LogP contribution in [-0.2, 0) is 19.4 Å². The third-order valence-corrected chi connectivity index (χ3v) is 3.94. The van der Waals surface area contributed by atoms with Crippen LogP contribution in [0.25, 0.3) is 5.52 Å². The van der Waals surface area contributed by atoms with Crippen LogP contribution in [-0.4, -0.2) is 28.4 Å². The molecule has 3 aromatic rings. The quantitative estimate of drug-likeness (QED) is 0.692. The number of rotatable bonds is 6. The van der Waals surface area contributed by atoms with Gasteiger partial charge in [0.05, 0.1) is 11.2 Å². The lowest BCUT2D eigenvalue weighted by Crippen LogP contribution is -2.12. The van der Waals surface area contributed by atoms with Crippen LogP contribution in [0.1, 0.15) is 23.4 Å². The highest BCUT2D eigenvalue weighted by atomic mass is 15.1. The monoisotopic (exact) mass is 293 g/mol. The molecule has 0 fully saturated rings. The number of fused-ring (bicyclic) bond motifs is 1. The summed E-state index contributed by atoms with van der Waals surface area (Å²) >= 11 is 0. The van der Waals surface area contributed by atoms with E-state index in [4.69, 9.17) is 0 Å².